The molecule has 2 N–H and O–H groups in total. The van der Waals surface area contributed by atoms with Gasteiger partial charge in [-0.3, -0.25) is 9.69 Å². The number of amides is 1. The van der Waals surface area contributed by atoms with Crippen LogP contribution in [0.4, 0.5) is 8.78 Å². The lowest BCUT2D eigenvalue weighted by Gasteiger charge is -2.40. The van der Waals surface area contributed by atoms with Crippen molar-refractivity contribution in [2.75, 3.05) is 26.2 Å². The molecule has 134 valence electrons. The lowest BCUT2D eigenvalue weighted by atomic mass is 10.00. The van der Waals surface area contributed by atoms with E-state index in [-0.39, 0.29) is 23.9 Å². The second-order valence-corrected chi connectivity index (χ2v) is 6.60. The smallest absolute Gasteiger partial charge is 0.227 e. The molecule has 0 radical (unpaired) electrons. The van der Waals surface area contributed by atoms with Crippen molar-refractivity contribution < 1.29 is 13.6 Å². The first-order chi connectivity index (χ1) is 11.3. The topological polar surface area (TPSA) is 49.6 Å². The van der Waals surface area contributed by atoms with E-state index >= 15 is 0 Å². The molecule has 1 aliphatic heterocycles. The Kier molecular flexibility index (Phi) is 6.29. The summed E-state index contributed by atoms with van der Waals surface area (Å²) in [6.07, 6.45) is 0.729. The summed E-state index contributed by atoms with van der Waals surface area (Å²) in [4.78, 5) is 16.4. The molecule has 0 aromatic heterocycles. The molecule has 1 saturated heterocycles. The third kappa shape index (κ3) is 4.11. The SMILES string of the molecule is CCC(c1ccc(F)cc1F)N1CCN(C(=O)C(C)C(C)N)CC1. The Balaban J connectivity index is 2.03. The first-order valence-corrected chi connectivity index (χ1v) is 8.58. The first-order valence-electron chi connectivity index (χ1n) is 8.58. The van der Waals surface area contributed by atoms with Gasteiger partial charge in [0.15, 0.2) is 0 Å². The minimum absolute atomic E-state index is 0.0747. The molecule has 0 spiro atoms. The van der Waals surface area contributed by atoms with Crippen LogP contribution < -0.4 is 5.73 Å². The van der Waals surface area contributed by atoms with Crippen LogP contribution in [0.2, 0.25) is 0 Å². The zero-order valence-electron chi connectivity index (χ0n) is 14.6. The third-order valence-electron chi connectivity index (χ3n) is 4.95. The normalized spacial score (nSPS) is 19.8. The number of piperazine rings is 1. The van der Waals surface area contributed by atoms with Gasteiger partial charge in [-0.05, 0) is 19.4 Å². The van der Waals surface area contributed by atoms with Crippen LogP contribution in [0.25, 0.3) is 0 Å². The number of nitrogens with two attached hydrogens (primary N) is 1. The fraction of sp³-hybridized carbons (Fsp3) is 0.611. The molecule has 0 aliphatic carbocycles. The van der Waals surface area contributed by atoms with Crippen LogP contribution >= 0.6 is 0 Å². The van der Waals surface area contributed by atoms with Crippen LogP contribution in [-0.2, 0) is 4.79 Å². The van der Waals surface area contributed by atoms with Crippen LogP contribution in [0.15, 0.2) is 18.2 Å². The largest absolute Gasteiger partial charge is 0.340 e. The van der Waals surface area contributed by atoms with Gasteiger partial charge in [0.2, 0.25) is 5.91 Å². The van der Waals surface area contributed by atoms with Crippen molar-refractivity contribution in [3.8, 4) is 0 Å². The van der Waals surface area contributed by atoms with Crippen molar-refractivity contribution in [3.63, 3.8) is 0 Å². The number of hydrogen-bond donors (Lipinski definition) is 1. The molecule has 0 saturated carbocycles. The van der Waals surface area contributed by atoms with E-state index in [0.717, 1.165) is 12.5 Å². The number of benzene rings is 1. The van der Waals surface area contributed by atoms with Crippen LogP contribution in [0.3, 0.4) is 0 Å². The van der Waals surface area contributed by atoms with Gasteiger partial charge in [0.1, 0.15) is 11.6 Å². The molecular formula is C18H27F2N3O. The van der Waals surface area contributed by atoms with Gasteiger partial charge < -0.3 is 10.6 Å². The van der Waals surface area contributed by atoms with E-state index in [9.17, 15) is 13.6 Å². The van der Waals surface area contributed by atoms with Gasteiger partial charge in [0, 0.05) is 49.9 Å². The number of carbonyl (C=O) groups is 1. The Bertz CT molecular complexity index is 571. The molecule has 3 atom stereocenters. The van der Waals surface area contributed by atoms with Crippen LogP contribution in [-0.4, -0.2) is 47.9 Å². The third-order valence-corrected chi connectivity index (χ3v) is 4.95. The van der Waals surface area contributed by atoms with Gasteiger partial charge in [-0.25, -0.2) is 8.78 Å². The molecule has 1 aliphatic rings. The lowest BCUT2D eigenvalue weighted by molar-refractivity contribution is -0.137. The number of halogens is 2. The monoisotopic (exact) mass is 339 g/mol. The Labute approximate surface area is 142 Å². The lowest BCUT2D eigenvalue weighted by Crippen LogP contribution is -2.52. The zero-order chi connectivity index (χ0) is 17.9. The van der Waals surface area contributed by atoms with E-state index in [2.05, 4.69) is 4.90 Å². The fourth-order valence-electron chi connectivity index (χ4n) is 3.21. The highest BCUT2D eigenvalue weighted by Gasteiger charge is 2.30. The van der Waals surface area contributed by atoms with E-state index in [1.54, 1.807) is 0 Å². The van der Waals surface area contributed by atoms with E-state index in [1.165, 1.54) is 12.1 Å². The Hall–Kier alpha value is -1.53. The molecule has 3 unspecified atom stereocenters. The van der Waals surface area contributed by atoms with Crippen LogP contribution in [0, 0.1) is 17.6 Å². The summed E-state index contributed by atoms with van der Waals surface area (Å²) in [7, 11) is 0. The van der Waals surface area contributed by atoms with Crippen molar-refractivity contribution in [1.29, 1.82) is 0 Å². The van der Waals surface area contributed by atoms with E-state index in [4.69, 9.17) is 5.73 Å². The van der Waals surface area contributed by atoms with Gasteiger partial charge in [-0.1, -0.05) is 19.9 Å². The average molecular weight is 339 g/mol. The molecular weight excluding hydrogens is 312 g/mol. The second kappa shape index (κ2) is 8.03. The molecule has 1 amide bonds. The zero-order valence-corrected chi connectivity index (χ0v) is 14.6. The summed E-state index contributed by atoms with van der Waals surface area (Å²) >= 11 is 0. The summed E-state index contributed by atoms with van der Waals surface area (Å²) in [6.45, 7) is 8.23. The van der Waals surface area contributed by atoms with Crippen LogP contribution in [0.5, 0.6) is 0 Å². The minimum Gasteiger partial charge on any atom is -0.340 e. The van der Waals surface area contributed by atoms with Gasteiger partial charge in [-0.2, -0.15) is 0 Å². The standard InChI is InChI=1S/C18H27F2N3O/c1-4-17(15-6-5-14(19)11-16(15)20)22-7-9-23(10-8-22)18(24)12(2)13(3)21/h5-6,11-13,17H,4,7-10,21H2,1-3H3. The van der Waals surface area contributed by atoms with Gasteiger partial charge in [0.25, 0.3) is 0 Å². The summed E-state index contributed by atoms with van der Waals surface area (Å²) in [6, 6.07) is 3.47. The summed E-state index contributed by atoms with van der Waals surface area (Å²) in [5, 5.41) is 0. The Morgan fingerprint density at radius 1 is 1.21 bits per heavy atom. The fourth-order valence-corrected chi connectivity index (χ4v) is 3.21. The van der Waals surface area contributed by atoms with E-state index < -0.39 is 11.6 Å². The van der Waals surface area contributed by atoms with Gasteiger partial charge in [0.05, 0.1) is 5.92 Å². The first kappa shape index (κ1) is 18.8. The summed E-state index contributed by atoms with van der Waals surface area (Å²) in [5.41, 5.74) is 6.33. The molecule has 1 heterocycles. The highest BCUT2D eigenvalue weighted by molar-refractivity contribution is 5.79. The molecule has 1 aromatic rings. The maximum Gasteiger partial charge on any atom is 0.227 e. The molecule has 1 aromatic carbocycles. The Morgan fingerprint density at radius 2 is 1.83 bits per heavy atom. The highest BCUT2D eigenvalue weighted by atomic mass is 19.1. The highest BCUT2D eigenvalue weighted by Crippen LogP contribution is 2.28. The maximum absolute atomic E-state index is 14.1. The summed E-state index contributed by atoms with van der Waals surface area (Å²) < 4.78 is 27.2. The molecule has 2 rings (SSSR count). The van der Waals surface area contributed by atoms with Crippen LogP contribution in [0.1, 0.15) is 38.8 Å². The number of nitrogens with zero attached hydrogens (tertiary/aromatic N) is 2. The predicted octanol–water partition coefficient (Wildman–Crippen LogP) is 2.54. The maximum atomic E-state index is 14.1. The Morgan fingerprint density at radius 3 is 2.33 bits per heavy atom. The number of rotatable bonds is 5. The van der Waals surface area contributed by atoms with Gasteiger partial charge >= 0.3 is 0 Å². The van der Waals surface area contributed by atoms with Crippen molar-refractivity contribution in [2.45, 2.75) is 39.3 Å². The number of hydrogen-bond acceptors (Lipinski definition) is 3. The van der Waals surface area contributed by atoms with Crippen molar-refractivity contribution in [1.82, 2.24) is 9.80 Å². The predicted molar refractivity (Wildman–Crippen MR) is 90.4 cm³/mol. The molecule has 0 bridgehead atoms. The molecule has 4 nitrogen and oxygen atoms in total. The van der Waals surface area contributed by atoms with Gasteiger partial charge in [-0.15, -0.1) is 0 Å². The quantitative estimate of drug-likeness (QED) is 0.897. The second-order valence-electron chi connectivity index (χ2n) is 6.60. The van der Waals surface area contributed by atoms with Crippen molar-refractivity contribution in [2.24, 2.45) is 11.7 Å². The van der Waals surface area contributed by atoms with E-state index in [0.29, 0.717) is 31.7 Å². The van der Waals surface area contributed by atoms with Crippen molar-refractivity contribution >= 4 is 5.91 Å². The number of carbonyl (C=O) groups excluding carboxylic acids is 1. The van der Waals surface area contributed by atoms with E-state index in [1.807, 2.05) is 25.7 Å². The van der Waals surface area contributed by atoms with Crippen molar-refractivity contribution in [3.05, 3.63) is 35.4 Å². The molecule has 1 fully saturated rings. The average Bonchev–Trinajstić information content (AvgIpc) is 2.56. The minimum atomic E-state index is -0.564. The molecule has 24 heavy (non-hydrogen) atoms. The summed E-state index contributed by atoms with van der Waals surface area (Å²) in [5.74, 6) is -1.20. The molecule has 6 heteroatoms.